The first kappa shape index (κ1) is 11.8. The van der Waals surface area contributed by atoms with Crippen molar-refractivity contribution in [1.82, 2.24) is 9.97 Å². The van der Waals surface area contributed by atoms with E-state index in [4.69, 9.17) is 5.73 Å². The van der Waals surface area contributed by atoms with Crippen molar-refractivity contribution in [2.75, 3.05) is 0 Å². The fourth-order valence-electron chi connectivity index (χ4n) is 1.60. The van der Waals surface area contributed by atoms with Crippen molar-refractivity contribution >= 4 is 5.91 Å². The van der Waals surface area contributed by atoms with E-state index in [1.54, 1.807) is 12.1 Å². The Balaban J connectivity index is 2.71. The molecule has 6 heteroatoms. The van der Waals surface area contributed by atoms with Gasteiger partial charge in [0.2, 0.25) is 5.75 Å². The molecule has 1 aromatic carbocycles. The van der Waals surface area contributed by atoms with Crippen molar-refractivity contribution in [3.63, 3.8) is 0 Å². The molecule has 0 atom stereocenters. The largest absolute Gasteiger partial charge is 0.501 e. The van der Waals surface area contributed by atoms with Crippen LogP contribution in [0.3, 0.4) is 0 Å². The summed E-state index contributed by atoms with van der Waals surface area (Å²) in [5.41, 5.74) is 5.37. The second-order valence-electron chi connectivity index (χ2n) is 3.79. The van der Waals surface area contributed by atoms with Gasteiger partial charge < -0.3 is 15.8 Å². The van der Waals surface area contributed by atoms with Crippen molar-refractivity contribution in [1.29, 1.82) is 0 Å². The van der Waals surface area contributed by atoms with E-state index in [-0.39, 0.29) is 5.82 Å². The molecule has 0 aliphatic carbocycles. The molecular formula is C12H11N3O3. The van der Waals surface area contributed by atoms with Crippen molar-refractivity contribution < 1.29 is 9.90 Å². The number of nitrogens with two attached hydrogens (primary N) is 1. The first-order valence-electron chi connectivity index (χ1n) is 5.20. The predicted molar refractivity (Wildman–Crippen MR) is 65.2 cm³/mol. The van der Waals surface area contributed by atoms with Gasteiger partial charge in [0.15, 0.2) is 5.69 Å². The summed E-state index contributed by atoms with van der Waals surface area (Å²) < 4.78 is 0. The van der Waals surface area contributed by atoms with E-state index in [0.29, 0.717) is 5.56 Å². The zero-order chi connectivity index (χ0) is 13.3. The molecule has 18 heavy (non-hydrogen) atoms. The molecule has 0 saturated heterocycles. The first-order chi connectivity index (χ1) is 8.50. The molecule has 0 saturated carbocycles. The minimum absolute atomic E-state index is 0.199. The highest BCUT2D eigenvalue weighted by molar-refractivity contribution is 5.93. The highest BCUT2D eigenvalue weighted by Crippen LogP contribution is 2.20. The van der Waals surface area contributed by atoms with Crippen molar-refractivity contribution in [2.24, 2.45) is 5.73 Å². The van der Waals surface area contributed by atoms with E-state index >= 15 is 0 Å². The molecule has 0 aliphatic heterocycles. The van der Waals surface area contributed by atoms with Gasteiger partial charge in [-0.3, -0.25) is 9.59 Å². The molecule has 2 rings (SSSR count). The second kappa shape index (κ2) is 4.33. The maximum absolute atomic E-state index is 11.5. The van der Waals surface area contributed by atoms with E-state index in [2.05, 4.69) is 9.97 Å². The average molecular weight is 245 g/mol. The summed E-state index contributed by atoms with van der Waals surface area (Å²) in [7, 11) is 0. The number of H-pyrrole nitrogens is 1. The van der Waals surface area contributed by atoms with Crippen LogP contribution in [0.25, 0.3) is 11.4 Å². The molecule has 0 aliphatic rings. The third-order valence-corrected chi connectivity index (χ3v) is 2.53. The summed E-state index contributed by atoms with van der Waals surface area (Å²) in [6.07, 6.45) is 0. The van der Waals surface area contributed by atoms with Gasteiger partial charge in [-0.1, -0.05) is 24.3 Å². The number of primary amides is 1. The monoisotopic (exact) mass is 245 g/mol. The number of nitrogens with one attached hydrogen (secondary N) is 1. The number of hydrogen-bond donors (Lipinski definition) is 3. The summed E-state index contributed by atoms with van der Waals surface area (Å²) in [4.78, 5) is 28.9. The Bertz CT molecular complexity index is 677. The third kappa shape index (κ3) is 1.95. The first-order valence-corrected chi connectivity index (χ1v) is 5.20. The number of nitrogens with zero attached hydrogens (tertiary/aromatic N) is 1. The molecule has 6 nitrogen and oxygen atoms in total. The van der Waals surface area contributed by atoms with Crippen LogP contribution in [0.1, 0.15) is 16.1 Å². The van der Waals surface area contributed by atoms with Gasteiger partial charge >= 0.3 is 0 Å². The molecule has 2 aromatic rings. The van der Waals surface area contributed by atoms with Crippen molar-refractivity contribution in [3.05, 3.63) is 45.9 Å². The Morgan fingerprint density at radius 1 is 1.39 bits per heavy atom. The number of amides is 1. The van der Waals surface area contributed by atoms with Crippen molar-refractivity contribution in [3.8, 4) is 17.1 Å². The minimum atomic E-state index is -0.951. The molecule has 0 fully saturated rings. The number of aromatic amines is 1. The summed E-state index contributed by atoms with van der Waals surface area (Å²) in [6, 6.07) is 7.20. The number of carbonyl (C=O) groups excluding carboxylic acids is 1. The van der Waals surface area contributed by atoms with Crippen molar-refractivity contribution in [2.45, 2.75) is 6.92 Å². The molecule has 92 valence electrons. The number of benzene rings is 1. The Morgan fingerprint density at radius 3 is 2.67 bits per heavy atom. The lowest BCUT2D eigenvalue weighted by Crippen LogP contribution is -2.20. The Kier molecular flexibility index (Phi) is 2.85. The average Bonchev–Trinajstić information content (AvgIpc) is 2.33. The zero-order valence-corrected chi connectivity index (χ0v) is 9.60. The Labute approximate surface area is 102 Å². The van der Waals surface area contributed by atoms with Crippen LogP contribution in [-0.2, 0) is 0 Å². The lowest BCUT2D eigenvalue weighted by Gasteiger charge is -2.06. The van der Waals surface area contributed by atoms with Crippen LogP contribution >= 0.6 is 0 Å². The predicted octanol–water partition coefficient (Wildman–Crippen LogP) is 0.550. The van der Waals surface area contributed by atoms with Crippen LogP contribution in [0, 0.1) is 6.92 Å². The molecular weight excluding hydrogens is 234 g/mol. The van der Waals surface area contributed by atoms with Gasteiger partial charge in [0.1, 0.15) is 5.82 Å². The highest BCUT2D eigenvalue weighted by Gasteiger charge is 2.16. The van der Waals surface area contributed by atoms with E-state index in [0.717, 1.165) is 5.56 Å². The fraction of sp³-hybridized carbons (Fsp3) is 0.0833. The van der Waals surface area contributed by atoms with Crippen LogP contribution in [0.15, 0.2) is 29.1 Å². The highest BCUT2D eigenvalue weighted by atomic mass is 16.3. The van der Waals surface area contributed by atoms with Gasteiger partial charge in [0.25, 0.3) is 11.5 Å². The van der Waals surface area contributed by atoms with Gasteiger partial charge in [0.05, 0.1) is 0 Å². The quantitative estimate of drug-likeness (QED) is 0.717. The van der Waals surface area contributed by atoms with Crippen LogP contribution < -0.4 is 11.3 Å². The van der Waals surface area contributed by atoms with E-state index in [9.17, 15) is 14.7 Å². The lowest BCUT2D eigenvalue weighted by atomic mass is 10.1. The van der Waals surface area contributed by atoms with Gasteiger partial charge in [0, 0.05) is 5.56 Å². The summed E-state index contributed by atoms with van der Waals surface area (Å²) in [5.74, 6) is -1.52. The number of hydrogen-bond acceptors (Lipinski definition) is 4. The molecule has 0 spiro atoms. The lowest BCUT2D eigenvalue weighted by molar-refractivity contribution is 0.0992. The Morgan fingerprint density at radius 2 is 2.06 bits per heavy atom. The third-order valence-electron chi connectivity index (χ3n) is 2.53. The molecule has 0 bridgehead atoms. The topological polar surface area (TPSA) is 109 Å². The number of aromatic hydroxyl groups is 1. The van der Waals surface area contributed by atoms with Crippen LogP contribution in [0.5, 0.6) is 5.75 Å². The van der Waals surface area contributed by atoms with E-state index in [1.807, 2.05) is 19.1 Å². The smallest absolute Gasteiger partial charge is 0.294 e. The SMILES string of the molecule is Cc1ccccc1-c1nc(C(N)=O)c(O)c(=O)[nH]1. The van der Waals surface area contributed by atoms with Gasteiger partial charge in [-0.05, 0) is 12.5 Å². The summed E-state index contributed by atoms with van der Waals surface area (Å²) in [6.45, 7) is 1.84. The molecule has 1 heterocycles. The normalized spacial score (nSPS) is 10.3. The maximum atomic E-state index is 11.5. The zero-order valence-electron chi connectivity index (χ0n) is 9.60. The van der Waals surface area contributed by atoms with Gasteiger partial charge in [-0.2, -0.15) is 0 Å². The van der Waals surface area contributed by atoms with Crippen LogP contribution in [-0.4, -0.2) is 21.0 Å². The van der Waals surface area contributed by atoms with Crippen LogP contribution in [0.4, 0.5) is 0 Å². The van der Waals surface area contributed by atoms with Gasteiger partial charge in [-0.25, -0.2) is 4.98 Å². The number of carbonyl (C=O) groups is 1. The summed E-state index contributed by atoms with van der Waals surface area (Å²) >= 11 is 0. The maximum Gasteiger partial charge on any atom is 0.294 e. The number of rotatable bonds is 2. The number of aromatic nitrogens is 2. The Hall–Kier alpha value is -2.63. The number of aryl methyl sites for hydroxylation is 1. The van der Waals surface area contributed by atoms with Gasteiger partial charge in [-0.15, -0.1) is 0 Å². The molecule has 0 radical (unpaired) electrons. The minimum Gasteiger partial charge on any atom is -0.501 e. The molecule has 0 unspecified atom stereocenters. The summed E-state index contributed by atoms with van der Waals surface area (Å²) in [5, 5.41) is 9.40. The van der Waals surface area contributed by atoms with Crippen LogP contribution in [0.2, 0.25) is 0 Å². The molecule has 1 aromatic heterocycles. The standard InChI is InChI=1S/C12H11N3O3/c1-6-4-2-3-5-7(6)11-14-8(10(13)17)9(16)12(18)15-11/h2-5,16H,1H3,(H2,13,17)(H,14,15,18). The molecule has 1 amide bonds. The molecule has 4 N–H and O–H groups in total. The van der Waals surface area contributed by atoms with E-state index < -0.39 is 22.9 Å². The van der Waals surface area contributed by atoms with E-state index in [1.165, 1.54) is 0 Å². The fourth-order valence-corrected chi connectivity index (χ4v) is 1.60. The second-order valence-corrected chi connectivity index (χ2v) is 3.79.